The van der Waals surface area contributed by atoms with Gasteiger partial charge in [-0.1, -0.05) is 54.0 Å². The lowest BCUT2D eigenvalue weighted by atomic mass is 9.34. The summed E-state index contributed by atoms with van der Waals surface area (Å²) in [6.45, 7) is 20.9. The number of ether oxygens (including phenoxy) is 2. The minimum Gasteiger partial charge on any atom is -0.481 e. The van der Waals surface area contributed by atoms with Crippen molar-refractivity contribution in [2.75, 3.05) is 20.2 Å². The number of allylic oxidation sites excluding steroid dienone is 1. The fourth-order valence-electron chi connectivity index (χ4n) is 13.1. The summed E-state index contributed by atoms with van der Waals surface area (Å²) in [5.41, 5.74) is 0.493. The number of carboxylic acids is 1. The van der Waals surface area contributed by atoms with Gasteiger partial charge in [-0.3, -0.25) is 14.4 Å². The number of aliphatic carboxylic acids is 1. The molecule has 0 aromatic rings. The van der Waals surface area contributed by atoms with Crippen LogP contribution in [-0.4, -0.2) is 71.7 Å². The van der Waals surface area contributed by atoms with Gasteiger partial charge in [0.05, 0.1) is 17.4 Å². The fourth-order valence-corrected chi connectivity index (χ4v) is 13.1. The second kappa shape index (κ2) is 12.9. The number of nitrogens with zero attached hydrogens (tertiary/aromatic N) is 1. The third-order valence-electron chi connectivity index (χ3n) is 16.1. The van der Waals surface area contributed by atoms with Gasteiger partial charge in [-0.2, -0.15) is 0 Å². The van der Waals surface area contributed by atoms with E-state index in [0.29, 0.717) is 24.9 Å². The van der Waals surface area contributed by atoms with Crippen LogP contribution in [0.1, 0.15) is 139 Å². The highest BCUT2D eigenvalue weighted by Crippen LogP contribution is 2.75. The Labute approximate surface area is 306 Å². The molecular weight excluding hydrogens is 644 g/mol. The average Bonchev–Trinajstić information content (AvgIpc) is 3.56. The van der Waals surface area contributed by atoms with Gasteiger partial charge in [0.25, 0.3) is 0 Å². The Kier molecular flexibility index (Phi) is 9.66. The molecule has 3 unspecified atom stereocenters. The van der Waals surface area contributed by atoms with Crippen molar-refractivity contribution < 1.29 is 33.8 Å². The van der Waals surface area contributed by atoms with Crippen LogP contribution in [0.5, 0.6) is 0 Å². The van der Waals surface area contributed by atoms with E-state index in [9.17, 15) is 24.3 Å². The molecule has 0 aromatic carbocycles. The van der Waals surface area contributed by atoms with Gasteiger partial charge in [0.15, 0.2) is 0 Å². The van der Waals surface area contributed by atoms with Gasteiger partial charge in [-0.25, -0.2) is 4.79 Å². The summed E-state index contributed by atoms with van der Waals surface area (Å²) in [7, 11) is 2.09. The van der Waals surface area contributed by atoms with Crippen LogP contribution in [-0.2, 0) is 23.9 Å². The lowest BCUT2D eigenvalue weighted by Crippen LogP contribution is -2.65. The maximum Gasteiger partial charge on any atom is 0.407 e. The quantitative estimate of drug-likeness (QED) is 0.192. The van der Waals surface area contributed by atoms with Crippen LogP contribution in [0.25, 0.3) is 0 Å². The molecule has 1 amide bonds. The number of ketones is 1. The minimum absolute atomic E-state index is 0.0107. The maximum atomic E-state index is 13.9. The van der Waals surface area contributed by atoms with Gasteiger partial charge in [0.2, 0.25) is 0 Å². The fraction of sp³-hybridized carbons (Fsp3) is 0.857. The van der Waals surface area contributed by atoms with E-state index in [2.05, 4.69) is 65.7 Å². The lowest BCUT2D eigenvalue weighted by molar-refractivity contribution is -0.214. The first-order valence-electron chi connectivity index (χ1n) is 20.0. The van der Waals surface area contributed by atoms with Crippen molar-refractivity contribution in [1.82, 2.24) is 10.2 Å². The van der Waals surface area contributed by atoms with Crippen molar-refractivity contribution in [3.05, 3.63) is 11.1 Å². The second-order valence-electron chi connectivity index (χ2n) is 20.0. The number of fused-ring (bicyclic) bond motifs is 6. The molecule has 6 rings (SSSR count). The first kappa shape index (κ1) is 38.3. The molecule has 51 heavy (non-hydrogen) atoms. The van der Waals surface area contributed by atoms with E-state index in [1.165, 1.54) is 11.1 Å². The summed E-state index contributed by atoms with van der Waals surface area (Å²) in [6, 6.07) is 0.247. The monoisotopic (exact) mass is 710 g/mol. The van der Waals surface area contributed by atoms with E-state index in [0.717, 1.165) is 70.8 Å². The number of carbonyl (C=O) groups is 4. The third-order valence-corrected chi connectivity index (χ3v) is 16.1. The molecular formula is C42H66N2O7. The number of likely N-dealkylation sites (tertiary alicyclic amines) is 1. The number of carbonyl (C=O) groups excluding carboxylic acids is 3. The van der Waals surface area contributed by atoms with Gasteiger partial charge in [0, 0.05) is 23.8 Å². The number of likely N-dealkylation sites (N-methyl/N-ethyl adjacent to an activating group) is 1. The number of hydrogen-bond donors (Lipinski definition) is 2. The van der Waals surface area contributed by atoms with E-state index in [-0.39, 0.29) is 57.8 Å². The molecule has 9 atom stereocenters. The molecule has 1 heterocycles. The predicted octanol–water partition coefficient (Wildman–Crippen LogP) is 7.95. The highest BCUT2D eigenvalue weighted by atomic mass is 16.6. The molecule has 1 aliphatic heterocycles. The molecule has 5 aliphatic carbocycles. The molecule has 4 saturated carbocycles. The van der Waals surface area contributed by atoms with Crippen LogP contribution in [0, 0.1) is 50.7 Å². The highest BCUT2D eigenvalue weighted by molar-refractivity contribution is 5.92. The summed E-state index contributed by atoms with van der Waals surface area (Å²) >= 11 is 0. The molecule has 1 saturated heterocycles. The third kappa shape index (κ3) is 5.98. The van der Waals surface area contributed by atoms with Crippen molar-refractivity contribution in [1.29, 1.82) is 0 Å². The van der Waals surface area contributed by atoms with E-state index in [4.69, 9.17) is 9.47 Å². The summed E-state index contributed by atoms with van der Waals surface area (Å²) in [5.74, 6) is -0.400. The van der Waals surface area contributed by atoms with Crippen LogP contribution in [0.4, 0.5) is 4.79 Å². The number of rotatable bonds is 8. The SMILES string of the molecule is CC(C)C1C(=O)C[C@]2(NC(=O)OC[C@@H]3CCCN3C)CC[C@]3(C)C(=C12)CCC1[C@@]2(C)CC[C@H](OC(=O)CC(C)(C)C(=O)O)C(C)(C)C2CC[C@]13C. The zero-order valence-electron chi connectivity index (χ0n) is 33.2. The summed E-state index contributed by atoms with van der Waals surface area (Å²) in [5, 5.41) is 13.0. The number of hydrogen-bond acceptors (Lipinski definition) is 7. The number of esters is 1. The Bertz CT molecular complexity index is 1480. The Morgan fingerprint density at radius 1 is 0.980 bits per heavy atom. The maximum absolute atomic E-state index is 13.9. The molecule has 2 N–H and O–H groups in total. The smallest absolute Gasteiger partial charge is 0.407 e. The van der Waals surface area contributed by atoms with Gasteiger partial charge in [-0.05, 0) is 131 Å². The number of nitrogens with one attached hydrogen (secondary N) is 1. The zero-order chi connectivity index (χ0) is 37.5. The molecule has 6 aliphatic rings. The predicted molar refractivity (Wildman–Crippen MR) is 196 cm³/mol. The van der Waals surface area contributed by atoms with Crippen LogP contribution in [0.3, 0.4) is 0 Å². The van der Waals surface area contributed by atoms with Crippen LogP contribution >= 0.6 is 0 Å². The molecule has 9 nitrogen and oxygen atoms in total. The lowest BCUT2D eigenvalue weighted by Gasteiger charge is -2.70. The number of amides is 1. The molecule has 0 spiro atoms. The molecule has 286 valence electrons. The topological polar surface area (TPSA) is 122 Å². The summed E-state index contributed by atoms with van der Waals surface area (Å²) < 4.78 is 12.0. The largest absolute Gasteiger partial charge is 0.481 e. The van der Waals surface area contributed by atoms with E-state index in [1.807, 2.05) is 0 Å². The Morgan fingerprint density at radius 3 is 2.31 bits per heavy atom. The van der Waals surface area contributed by atoms with Crippen molar-refractivity contribution in [2.24, 2.45) is 50.7 Å². The Hall–Kier alpha value is -2.42. The molecule has 0 aromatic heterocycles. The van der Waals surface area contributed by atoms with Crippen molar-refractivity contribution in [3.8, 4) is 0 Å². The van der Waals surface area contributed by atoms with E-state index >= 15 is 0 Å². The normalized spacial score (nSPS) is 40.6. The number of Topliss-reactive ketones (excluding diaryl/α,β-unsaturated/α-hetero) is 1. The molecule has 5 fully saturated rings. The average molecular weight is 711 g/mol. The zero-order valence-corrected chi connectivity index (χ0v) is 33.2. The van der Waals surface area contributed by atoms with Crippen LogP contribution in [0.2, 0.25) is 0 Å². The van der Waals surface area contributed by atoms with Crippen molar-refractivity contribution in [3.63, 3.8) is 0 Å². The molecule has 0 radical (unpaired) electrons. The summed E-state index contributed by atoms with van der Waals surface area (Å²) in [4.78, 5) is 54.5. The molecule has 0 bridgehead atoms. The first-order valence-corrected chi connectivity index (χ1v) is 20.0. The Morgan fingerprint density at radius 2 is 1.69 bits per heavy atom. The van der Waals surface area contributed by atoms with Gasteiger partial charge < -0.3 is 24.8 Å². The highest BCUT2D eigenvalue weighted by Gasteiger charge is 2.69. The van der Waals surface area contributed by atoms with E-state index in [1.54, 1.807) is 13.8 Å². The number of alkyl carbamates (subject to hydrolysis) is 1. The minimum atomic E-state index is -1.17. The van der Waals surface area contributed by atoms with Crippen LogP contribution in [0.15, 0.2) is 11.1 Å². The van der Waals surface area contributed by atoms with Crippen molar-refractivity contribution in [2.45, 2.75) is 157 Å². The van der Waals surface area contributed by atoms with Gasteiger partial charge >= 0.3 is 18.0 Å². The van der Waals surface area contributed by atoms with Crippen LogP contribution < -0.4 is 5.32 Å². The summed E-state index contributed by atoms with van der Waals surface area (Å²) in [6.07, 6.45) is 9.17. The molecule has 9 heteroatoms. The van der Waals surface area contributed by atoms with Crippen molar-refractivity contribution >= 4 is 23.8 Å². The van der Waals surface area contributed by atoms with E-state index < -0.39 is 29.0 Å². The first-order chi connectivity index (χ1) is 23.6. The van der Waals surface area contributed by atoms with Gasteiger partial charge in [0.1, 0.15) is 18.5 Å². The number of carboxylic acid groups (broad SMARTS) is 1. The second-order valence-corrected chi connectivity index (χ2v) is 20.0. The Balaban J connectivity index is 1.28. The standard InChI is InChI=1S/C42H66N2O7/c1-25(2)33-28(45)22-42(43-36(49)50-24-26-12-11-21-44(26)10)20-19-40(8)27(34(33)42)13-14-30-39(7)17-16-31(51-32(46)23-37(3,4)35(47)48)38(5,6)29(39)15-18-41(30,40)9/h25-26,29-31,33H,11-24H2,1-10H3,(H,43,49)(H,47,48)/t26-,29?,30?,31-,33?,39-,40+,41+,42+/m0/s1. The van der Waals surface area contributed by atoms with Gasteiger partial charge in [-0.15, -0.1) is 0 Å².